The third-order valence-electron chi connectivity index (χ3n) is 4.52. The van der Waals surface area contributed by atoms with Crippen molar-refractivity contribution in [2.24, 2.45) is 0 Å². The van der Waals surface area contributed by atoms with Crippen molar-refractivity contribution in [2.45, 2.75) is 19.4 Å². The molecule has 26 heavy (non-hydrogen) atoms. The van der Waals surface area contributed by atoms with Crippen LogP contribution in [0.5, 0.6) is 0 Å². The lowest BCUT2D eigenvalue weighted by Gasteiger charge is -2.22. The Morgan fingerprint density at radius 3 is 2.73 bits per heavy atom. The molecule has 0 bridgehead atoms. The van der Waals surface area contributed by atoms with Gasteiger partial charge in [0.15, 0.2) is 6.61 Å². The summed E-state index contributed by atoms with van der Waals surface area (Å²) < 4.78 is 6.19. The van der Waals surface area contributed by atoms with Crippen LogP contribution >= 0.6 is 22.9 Å². The van der Waals surface area contributed by atoms with E-state index in [2.05, 4.69) is 0 Å². The number of carbonyl (C=O) groups is 2. The van der Waals surface area contributed by atoms with Gasteiger partial charge in [-0.3, -0.25) is 4.79 Å². The van der Waals surface area contributed by atoms with E-state index in [9.17, 15) is 9.59 Å². The number of ether oxygens (including phenoxy) is 1. The monoisotopic (exact) mass is 385 g/mol. The fraction of sp³-hybridized carbons (Fsp3) is 0.200. The minimum absolute atomic E-state index is 0.0477. The molecule has 1 aromatic heterocycles. The maximum Gasteiger partial charge on any atom is 0.350 e. The van der Waals surface area contributed by atoms with Crippen molar-refractivity contribution in [3.63, 3.8) is 0 Å². The van der Waals surface area contributed by atoms with Gasteiger partial charge in [0.1, 0.15) is 4.88 Å². The van der Waals surface area contributed by atoms with E-state index in [1.165, 1.54) is 11.3 Å². The van der Waals surface area contributed by atoms with Gasteiger partial charge < -0.3 is 9.64 Å². The van der Waals surface area contributed by atoms with E-state index >= 15 is 0 Å². The first kappa shape index (κ1) is 17.1. The van der Waals surface area contributed by atoms with E-state index in [1.807, 2.05) is 55.5 Å². The number of nitrogens with zero attached hydrogens (tertiary/aromatic N) is 1. The fourth-order valence-electron chi connectivity index (χ4n) is 3.35. The summed E-state index contributed by atoms with van der Waals surface area (Å²) in [5, 5.41) is 1.20. The molecule has 2 heterocycles. The quantitative estimate of drug-likeness (QED) is 0.614. The Labute approximate surface area is 159 Å². The zero-order valence-electron chi connectivity index (χ0n) is 14.1. The van der Waals surface area contributed by atoms with Crippen LogP contribution in [0.3, 0.4) is 0 Å². The highest BCUT2D eigenvalue weighted by molar-refractivity contribution is 7.21. The molecule has 0 saturated carbocycles. The summed E-state index contributed by atoms with van der Waals surface area (Å²) in [6.45, 7) is 1.69. The van der Waals surface area contributed by atoms with E-state index in [1.54, 1.807) is 4.90 Å². The van der Waals surface area contributed by atoms with Crippen molar-refractivity contribution in [2.75, 3.05) is 11.5 Å². The van der Waals surface area contributed by atoms with Crippen molar-refractivity contribution in [1.29, 1.82) is 0 Å². The second kappa shape index (κ2) is 6.74. The van der Waals surface area contributed by atoms with E-state index in [4.69, 9.17) is 16.3 Å². The Hall–Kier alpha value is -2.37. The van der Waals surface area contributed by atoms with E-state index in [0.29, 0.717) is 9.90 Å². The number of para-hydroxylation sites is 1. The molecule has 3 aromatic rings. The van der Waals surface area contributed by atoms with Crippen LogP contribution < -0.4 is 4.90 Å². The topological polar surface area (TPSA) is 46.6 Å². The van der Waals surface area contributed by atoms with Crippen LogP contribution in [0.25, 0.3) is 10.1 Å². The number of halogens is 1. The first-order valence-electron chi connectivity index (χ1n) is 8.30. The SMILES string of the molecule is C[C@H]1Cc2ccccc2N1C(=O)COC(=O)c1sc2ccccc2c1Cl. The van der Waals surface area contributed by atoms with E-state index in [-0.39, 0.29) is 18.6 Å². The van der Waals surface area contributed by atoms with Crippen molar-refractivity contribution in [3.8, 4) is 0 Å². The lowest BCUT2D eigenvalue weighted by molar-refractivity contribution is -0.122. The molecule has 2 aromatic carbocycles. The second-order valence-corrected chi connectivity index (χ2v) is 7.69. The summed E-state index contributed by atoms with van der Waals surface area (Å²) in [6, 6.07) is 15.4. The number of thiophene rings is 1. The maximum absolute atomic E-state index is 12.6. The standard InChI is InChI=1S/C20H16ClNO3S/c1-12-10-13-6-2-4-8-15(13)22(12)17(23)11-25-20(24)19-18(21)14-7-3-5-9-16(14)26-19/h2-9,12H,10-11H2,1H3/t12-/m0/s1. The Morgan fingerprint density at radius 1 is 1.19 bits per heavy atom. The highest BCUT2D eigenvalue weighted by atomic mass is 35.5. The van der Waals surface area contributed by atoms with Gasteiger partial charge in [-0.25, -0.2) is 4.79 Å². The van der Waals surface area contributed by atoms with Gasteiger partial charge in [0, 0.05) is 21.8 Å². The third-order valence-corrected chi connectivity index (χ3v) is 6.18. The average Bonchev–Trinajstić information content (AvgIpc) is 3.16. The van der Waals surface area contributed by atoms with E-state index in [0.717, 1.165) is 27.8 Å². The molecule has 0 spiro atoms. The highest BCUT2D eigenvalue weighted by Crippen LogP contribution is 2.36. The van der Waals surface area contributed by atoms with Crippen LogP contribution in [0, 0.1) is 0 Å². The van der Waals surface area contributed by atoms with Crippen molar-refractivity contribution in [3.05, 3.63) is 64.0 Å². The summed E-state index contributed by atoms with van der Waals surface area (Å²) in [4.78, 5) is 27.1. The fourth-order valence-corrected chi connectivity index (χ4v) is 4.76. The highest BCUT2D eigenvalue weighted by Gasteiger charge is 2.31. The number of esters is 1. The van der Waals surface area contributed by atoms with Gasteiger partial charge in [0.05, 0.1) is 5.02 Å². The zero-order chi connectivity index (χ0) is 18.3. The van der Waals surface area contributed by atoms with Gasteiger partial charge in [-0.1, -0.05) is 48.0 Å². The molecule has 0 fully saturated rings. The van der Waals surface area contributed by atoms with Gasteiger partial charge in [0.2, 0.25) is 0 Å². The predicted octanol–water partition coefficient (Wildman–Crippen LogP) is 4.69. The Morgan fingerprint density at radius 2 is 1.92 bits per heavy atom. The molecule has 1 aliphatic heterocycles. The molecule has 6 heteroatoms. The van der Waals surface area contributed by atoms with Crippen LogP contribution in [0.2, 0.25) is 5.02 Å². The van der Waals surface area contributed by atoms with E-state index < -0.39 is 5.97 Å². The lowest BCUT2D eigenvalue weighted by Crippen LogP contribution is -2.38. The number of carbonyl (C=O) groups excluding carboxylic acids is 2. The summed E-state index contributed by atoms with van der Waals surface area (Å²) in [7, 11) is 0. The zero-order valence-corrected chi connectivity index (χ0v) is 15.6. The Kier molecular flexibility index (Phi) is 4.42. The molecule has 1 amide bonds. The number of hydrogen-bond donors (Lipinski definition) is 0. The molecule has 0 N–H and O–H groups in total. The lowest BCUT2D eigenvalue weighted by atomic mass is 10.1. The molecule has 1 aliphatic rings. The van der Waals surface area contributed by atoms with Crippen LogP contribution in [-0.4, -0.2) is 24.5 Å². The molecule has 4 rings (SSSR count). The molecule has 0 saturated heterocycles. The Balaban J connectivity index is 1.49. The summed E-state index contributed by atoms with van der Waals surface area (Å²) >= 11 is 7.57. The number of fused-ring (bicyclic) bond motifs is 2. The van der Waals surface area contributed by atoms with Gasteiger partial charge in [0.25, 0.3) is 5.91 Å². The number of hydrogen-bond acceptors (Lipinski definition) is 4. The molecule has 1 atom stereocenters. The van der Waals surface area contributed by atoms with Crippen LogP contribution in [-0.2, 0) is 16.0 Å². The van der Waals surface area contributed by atoms with Crippen LogP contribution in [0.15, 0.2) is 48.5 Å². The number of anilines is 1. The molecular weight excluding hydrogens is 370 g/mol. The normalized spacial score (nSPS) is 15.9. The molecular formula is C20H16ClNO3S. The number of benzene rings is 2. The van der Waals surface area contributed by atoms with Gasteiger partial charge in [-0.05, 0) is 31.0 Å². The van der Waals surface area contributed by atoms with Gasteiger partial charge in [-0.15, -0.1) is 11.3 Å². The largest absolute Gasteiger partial charge is 0.451 e. The average molecular weight is 386 g/mol. The number of amides is 1. The minimum atomic E-state index is -0.565. The van der Waals surface area contributed by atoms with Crippen LogP contribution in [0.4, 0.5) is 5.69 Å². The first-order valence-corrected chi connectivity index (χ1v) is 9.50. The molecule has 132 valence electrons. The Bertz CT molecular complexity index is 1010. The molecule has 0 radical (unpaired) electrons. The van der Waals surface area contributed by atoms with Gasteiger partial charge in [-0.2, -0.15) is 0 Å². The summed E-state index contributed by atoms with van der Waals surface area (Å²) in [6.07, 6.45) is 0.804. The molecule has 0 aliphatic carbocycles. The molecule has 4 nitrogen and oxygen atoms in total. The van der Waals surface area contributed by atoms with Crippen LogP contribution in [0.1, 0.15) is 22.2 Å². The van der Waals surface area contributed by atoms with Gasteiger partial charge >= 0.3 is 5.97 Å². The third kappa shape index (κ3) is 2.87. The number of rotatable bonds is 3. The minimum Gasteiger partial charge on any atom is -0.451 e. The van der Waals surface area contributed by atoms with Crippen molar-refractivity contribution in [1.82, 2.24) is 0 Å². The first-order chi connectivity index (χ1) is 12.6. The maximum atomic E-state index is 12.6. The van der Waals surface area contributed by atoms with Crippen molar-refractivity contribution < 1.29 is 14.3 Å². The van der Waals surface area contributed by atoms with Crippen molar-refractivity contribution >= 4 is 50.6 Å². The predicted molar refractivity (Wildman–Crippen MR) is 104 cm³/mol. The second-order valence-electron chi connectivity index (χ2n) is 6.26. The summed E-state index contributed by atoms with van der Waals surface area (Å²) in [5.74, 6) is -0.794. The molecule has 0 unspecified atom stereocenters. The summed E-state index contributed by atoms with van der Waals surface area (Å²) in [5.41, 5.74) is 2.02. The smallest absolute Gasteiger partial charge is 0.350 e.